The van der Waals surface area contributed by atoms with Gasteiger partial charge in [0.2, 0.25) is 0 Å². The Morgan fingerprint density at radius 3 is 2.40 bits per heavy atom. The Labute approximate surface area is 85.7 Å². The molecule has 90 valence electrons. The highest BCUT2D eigenvalue weighted by molar-refractivity contribution is 7.46. The molecule has 1 heterocycles. The highest BCUT2D eigenvalue weighted by atomic mass is 31.2. The van der Waals surface area contributed by atoms with E-state index in [1.165, 1.54) is 0 Å². The normalized spacial score (nSPS) is 37.9. The highest BCUT2D eigenvalue weighted by Gasteiger charge is 2.37. The molecule has 4 unspecified atom stereocenters. The Bertz CT molecular complexity index is 256. The van der Waals surface area contributed by atoms with Gasteiger partial charge in [-0.25, -0.2) is 4.57 Å². The summed E-state index contributed by atoms with van der Waals surface area (Å²) in [5.74, 6) is 0. The van der Waals surface area contributed by atoms with Crippen LogP contribution in [0.4, 0.5) is 0 Å². The van der Waals surface area contributed by atoms with E-state index in [0.717, 1.165) is 0 Å². The van der Waals surface area contributed by atoms with E-state index in [2.05, 4.69) is 9.84 Å². The van der Waals surface area contributed by atoms with Crippen molar-refractivity contribution in [1.29, 1.82) is 0 Å². The van der Waals surface area contributed by atoms with Crippen LogP contribution >= 0.6 is 7.82 Å². The quantitative estimate of drug-likeness (QED) is 0.291. The van der Waals surface area contributed by atoms with Gasteiger partial charge >= 0.3 is 7.82 Å². The van der Waals surface area contributed by atoms with Crippen LogP contribution in [0.25, 0.3) is 0 Å². The molecular weight excluding hydrogens is 229 g/mol. The predicted molar refractivity (Wildman–Crippen MR) is 47.8 cm³/mol. The first-order chi connectivity index (χ1) is 6.81. The zero-order chi connectivity index (χ0) is 11.6. The molecule has 0 aliphatic carbocycles. The molecule has 8 nitrogen and oxygen atoms in total. The van der Waals surface area contributed by atoms with E-state index in [1.54, 1.807) is 0 Å². The molecule has 0 aromatic rings. The van der Waals surface area contributed by atoms with E-state index in [1.807, 2.05) is 0 Å². The molecule has 0 radical (unpaired) electrons. The van der Waals surface area contributed by atoms with Crippen LogP contribution in [0.2, 0.25) is 0 Å². The second-order valence-electron chi connectivity index (χ2n) is 3.35. The van der Waals surface area contributed by atoms with Crippen molar-refractivity contribution in [3.63, 3.8) is 0 Å². The van der Waals surface area contributed by atoms with Crippen LogP contribution in [0.3, 0.4) is 0 Å². The average Bonchev–Trinajstić information content (AvgIpc) is 2.12. The van der Waals surface area contributed by atoms with Gasteiger partial charge in [-0.3, -0.25) is 4.52 Å². The molecule has 0 aromatic carbocycles. The van der Waals surface area contributed by atoms with E-state index < -0.39 is 38.8 Å². The van der Waals surface area contributed by atoms with Crippen molar-refractivity contribution >= 4 is 7.82 Å². The van der Waals surface area contributed by atoms with Crippen molar-refractivity contribution in [3.8, 4) is 0 Å². The van der Waals surface area contributed by atoms with Crippen LogP contribution in [0.1, 0.15) is 0 Å². The second kappa shape index (κ2) is 4.86. The summed E-state index contributed by atoms with van der Waals surface area (Å²) in [6.07, 6.45) is -3.79. The van der Waals surface area contributed by atoms with Crippen molar-refractivity contribution in [2.24, 2.45) is 0 Å². The Morgan fingerprint density at radius 1 is 1.27 bits per heavy atom. The highest BCUT2D eigenvalue weighted by Crippen LogP contribution is 2.36. The molecule has 6 N–H and O–H groups in total. The molecule has 0 aromatic heterocycles. The van der Waals surface area contributed by atoms with E-state index in [9.17, 15) is 14.8 Å². The Balaban J connectivity index is 2.46. The van der Waals surface area contributed by atoms with Crippen LogP contribution in [-0.2, 0) is 9.09 Å². The fourth-order valence-corrected chi connectivity index (χ4v) is 1.67. The number of aliphatic hydroxyl groups excluding tert-OH is 3. The number of hydrogen-bond acceptors (Lipinski definition) is 6. The zero-order valence-electron chi connectivity index (χ0n) is 7.72. The lowest BCUT2D eigenvalue weighted by atomic mass is 9.97. The first-order valence-electron chi connectivity index (χ1n) is 4.29. The first-order valence-corrected chi connectivity index (χ1v) is 5.82. The zero-order valence-corrected chi connectivity index (χ0v) is 8.62. The maximum Gasteiger partial charge on any atom is 0.469 e. The third-order valence-corrected chi connectivity index (χ3v) is 2.65. The smallest absolute Gasteiger partial charge is 0.389 e. The number of hydrogen-bond donors (Lipinski definition) is 6. The summed E-state index contributed by atoms with van der Waals surface area (Å²) >= 11 is 0. The standard InChI is InChI=1S/C6H14NO7P/c8-4-1-7-3(5(9)6(4)10)2-14-15(11,12)13/h3-10H,1-2H2,(H2,11,12,13). The van der Waals surface area contributed by atoms with Gasteiger partial charge in [0.25, 0.3) is 0 Å². The fourth-order valence-electron chi connectivity index (χ4n) is 1.31. The Kier molecular flexibility index (Phi) is 4.21. The molecule has 0 saturated carbocycles. The third kappa shape index (κ3) is 3.78. The summed E-state index contributed by atoms with van der Waals surface area (Å²) < 4.78 is 14.6. The van der Waals surface area contributed by atoms with Gasteiger partial charge in [0, 0.05) is 6.54 Å². The van der Waals surface area contributed by atoms with Gasteiger partial charge in [0.1, 0.15) is 6.10 Å². The molecule has 4 atom stereocenters. The number of aliphatic hydroxyl groups is 3. The van der Waals surface area contributed by atoms with Gasteiger partial charge in [-0.1, -0.05) is 0 Å². The van der Waals surface area contributed by atoms with Crippen molar-refractivity contribution < 1.29 is 34.2 Å². The lowest BCUT2D eigenvalue weighted by Crippen LogP contribution is -2.61. The van der Waals surface area contributed by atoms with Crippen LogP contribution in [0, 0.1) is 0 Å². The summed E-state index contributed by atoms with van der Waals surface area (Å²) in [5.41, 5.74) is 0. The molecule has 0 bridgehead atoms. The van der Waals surface area contributed by atoms with Gasteiger partial charge in [0.15, 0.2) is 0 Å². The third-order valence-electron chi connectivity index (χ3n) is 2.17. The number of phosphoric acid groups is 1. The van der Waals surface area contributed by atoms with E-state index in [-0.39, 0.29) is 6.54 Å². The molecule has 1 rings (SSSR count). The summed E-state index contributed by atoms with van der Waals surface area (Å²) in [7, 11) is -4.59. The minimum atomic E-state index is -4.59. The molecule has 1 aliphatic heterocycles. The van der Waals surface area contributed by atoms with Gasteiger partial charge in [-0.2, -0.15) is 0 Å². The summed E-state index contributed by atoms with van der Waals surface area (Å²) in [6, 6.07) is -0.823. The Hall–Kier alpha value is -0.0500. The topological polar surface area (TPSA) is 139 Å². The second-order valence-corrected chi connectivity index (χ2v) is 4.59. The first kappa shape index (κ1) is 13.0. The summed E-state index contributed by atoms with van der Waals surface area (Å²) in [6.45, 7) is -0.428. The molecule has 0 amide bonds. The predicted octanol–water partition coefficient (Wildman–Crippen LogP) is -2.85. The molecule has 1 aliphatic rings. The maximum atomic E-state index is 10.4. The van der Waals surface area contributed by atoms with Crippen LogP contribution in [-0.4, -0.2) is 62.6 Å². The average molecular weight is 243 g/mol. The molecular formula is C6H14NO7P. The van der Waals surface area contributed by atoms with Gasteiger partial charge in [-0.05, 0) is 0 Å². The van der Waals surface area contributed by atoms with Crippen LogP contribution < -0.4 is 5.32 Å². The monoisotopic (exact) mass is 243 g/mol. The number of rotatable bonds is 3. The van der Waals surface area contributed by atoms with E-state index in [0.29, 0.717) is 0 Å². The van der Waals surface area contributed by atoms with Gasteiger partial charge in [-0.15, -0.1) is 0 Å². The lowest BCUT2D eigenvalue weighted by molar-refractivity contribution is -0.1000. The largest absolute Gasteiger partial charge is 0.469 e. The van der Waals surface area contributed by atoms with Crippen molar-refractivity contribution in [2.45, 2.75) is 24.4 Å². The van der Waals surface area contributed by atoms with Crippen LogP contribution in [0.5, 0.6) is 0 Å². The lowest BCUT2D eigenvalue weighted by Gasteiger charge is -2.35. The van der Waals surface area contributed by atoms with E-state index in [4.69, 9.17) is 14.9 Å². The minimum Gasteiger partial charge on any atom is -0.389 e. The number of phosphoric ester groups is 1. The van der Waals surface area contributed by atoms with Crippen molar-refractivity contribution in [3.05, 3.63) is 0 Å². The van der Waals surface area contributed by atoms with E-state index >= 15 is 0 Å². The van der Waals surface area contributed by atoms with Gasteiger partial charge in [0.05, 0.1) is 24.9 Å². The Morgan fingerprint density at radius 2 is 1.87 bits per heavy atom. The summed E-state index contributed by atoms with van der Waals surface area (Å²) in [4.78, 5) is 16.8. The molecule has 15 heavy (non-hydrogen) atoms. The minimum absolute atomic E-state index is 0.0212. The SMILES string of the molecule is O=P(O)(O)OCC1NCC(O)C(O)C1O. The van der Waals surface area contributed by atoms with Crippen molar-refractivity contribution in [1.82, 2.24) is 5.32 Å². The van der Waals surface area contributed by atoms with Gasteiger partial charge < -0.3 is 30.4 Å². The number of nitrogens with one attached hydrogen (secondary N) is 1. The molecule has 0 spiro atoms. The summed E-state index contributed by atoms with van der Waals surface area (Å²) in [5, 5.41) is 30.4. The van der Waals surface area contributed by atoms with Crippen molar-refractivity contribution in [2.75, 3.05) is 13.2 Å². The molecule has 1 fully saturated rings. The fraction of sp³-hybridized carbons (Fsp3) is 1.00. The molecule has 9 heteroatoms. The number of piperidine rings is 1. The number of β-amino-alcohol motifs (C(OH)–C–C–N with tert-alkyl or cyclic N) is 1. The van der Waals surface area contributed by atoms with Crippen LogP contribution in [0.15, 0.2) is 0 Å². The molecule has 1 saturated heterocycles. The maximum absolute atomic E-state index is 10.4.